The van der Waals surface area contributed by atoms with Crippen molar-refractivity contribution in [1.82, 2.24) is 14.9 Å². The van der Waals surface area contributed by atoms with Gasteiger partial charge in [-0.05, 0) is 23.3 Å². The SMILES string of the molecule is O=C(Cc1c[nH]c2ncccc12)N(Cc1ccccc1)CC(F)F. The molecule has 0 bridgehead atoms. The number of nitrogens with zero attached hydrogens (tertiary/aromatic N) is 2. The summed E-state index contributed by atoms with van der Waals surface area (Å²) >= 11 is 0. The Bertz CT molecular complexity index is 817. The van der Waals surface area contributed by atoms with Gasteiger partial charge in [-0.15, -0.1) is 0 Å². The summed E-state index contributed by atoms with van der Waals surface area (Å²) in [4.78, 5) is 20.9. The molecule has 0 saturated carbocycles. The zero-order chi connectivity index (χ0) is 16.9. The van der Waals surface area contributed by atoms with Crippen molar-refractivity contribution in [1.29, 1.82) is 0 Å². The highest BCUT2D eigenvalue weighted by atomic mass is 19.3. The molecule has 1 N–H and O–H groups in total. The lowest BCUT2D eigenvalue weighted by atomic mass is 10.1. The lowest BCUT2D eigenvalue weighted by molar-refractivity contribution is -0.133. The highest BCUT2D eigenvalue weighted by Crippen LogP contribution is 2.18. The fourth-order valence-electron chi connectivity index (χ4n) is 2.66. The molecule has 0 saturated heterocycles. The predicted molar refractivity (Wildman–Crippen MR) is 87.7 cm³/mol. The van der Waals surface area contributed by atoms with Crippen LogP contribution in [0.1, 0.15) is 11.1 Å². The van der Waals surface area contributed by atoms with Crippen molar-refractivity contribution >= 4 is 16.9 Å². The molecule has 124 valence electrons. The number of aromatic nitrogens is 2. The molecule has 0 radical (unpaired) electrons. The zero-order valence-electron chi connectivity index (χ0n) is 13.0. The van der Waals surface area contributed by atoms with Gasteiger partial charge in [0, 0.05) is 24.3 Å². The van der Waals surface area contributed by atoms with E-state index in [0.29, 0.717) is 5.65 Å². The van der Waals surface area contributed by atoms with Crippen LogP contribution in [0.4, 0.5) is 8.78 Å². The minimum atomic E-state index is -2.57. The first-order valence-electron chi connectivity index (χ1n) is 7.64. The van der Waals surface area contributed by atoms with Gasteiger partial charge >= 0.3 is 0 Å². The summed E-state index contributed by atoms with van der Waals surface area (Å²) in [6.45, 7) is -0.404. The number of hydrogen-bond acceptors (Lipinski definition) is 2. The molecule has 0 unspecified atom stereocenters. The Hall–Kier alpha value is -2.76. The maximum absolute atomic E-state index is 12.9. The van der Waals surface area contributed by atoms with Gasteiger partial charge in [0.1, 0.15) is 5.65 Å². The van der Waals surface area contributed by atoms with Crippen LogP contribution < -0.4 is 0 Å². The Morgan fingerprint density at radius 2 is 1.96 bits per heavy atom. The number of halogens is 2. The number of pyridine rings is 1. The van der Waals surface area contributed by atoms with Crippen molar-refractivity contribution in [2.75, 3.05) is 6.54 Å². The van der Waals surface area contributed by atoms with Crippen molar-refractivity contribution in [3.63, 3.8) is 0 Å². The molecule has 0 spiro atoms. The summed E-state index contributed by atoms with van der Waals surface area (Å²) in [5.74, 6) is -0.330. The first-order chi connectivity index (χ1) is 11.6. The molecule has 0 aliphatic rings. The number of benzene rings is 1. The number of amides is 1. The molecule has 0 fully saturated rings. The number of carbonyl (C=O) groups excluding carboxylic acids is 1. The Morgan fingerprint density at radius 1 is 1.17 bits per heavy atom. The average molecular weight is 329 g/mol. The number of rotatable bonds is 6. The second-order valence-electron chi connectivity index (χ2n) is 5.54. The van der Waals surface area contributed by atoms with Crippen LogP contribution >= 0.6 is 0 Å². The van der Waals surface area contributed by atoms with Crippen LogP contribution in [0.25, 0.3) is 11.0 Å². The molecule has 1 amide bonds. The molecule has 1 aromatic carbocycles. The van der Waals surface area contributed by atoms with E-state index in [0.717, 1.165) is 16.5 Å². The first-order valence-corrected chi connectivity index (χ1v) is 7.64. The first kappa shape index (κ1) is 16.1. The molecule has 24 heavy (non-hydrogen) atoms. The van der Waals surface area contributed by atoms with Gasteiger partial charge < -0.3 is 9.88 Å². The molecular weight excluding hydrogens is 312 g/mol. The van der Waals surface area contributed by atoms with Crippen molar-refractivity contribution in [2.45, 2.75) is 19.4 Å². The molecule has 0 atom stereocenters. The molecule has 6 heteroatoms. The minimum Gasteiger partial charge on any atom is -0.346 e. The molecular formula is C18H17F2N3O. The summed E-state index contributed by atoms with van der Waals surface area (Å²) < 4.78 is 25.7. The fraction of sp³-hybridized carbons (Fsp3) is 0.222. The third-order valence-corrected chi connectivity index (χ3v) is 3.81. The van der Waals surface area contributed by atoms with Crippen molar-refractivity contribution in [2.24, 2.45) is 0 Å². The van der Waals surface area contributed by atoms with Crippen LogP contribution in [-0.2, 0) is 17.8 Å². The molecule has 0 aliphatic heterocycles. The van der Waals surface area contributed by atoms with E-state index < -0.39 is 13.0 Å². The van der Waals surface area contributed by atoms with Gasteiger partial charge in [-0.2, -0.15) is 0 Å². The fourth-order valence-corrected chi connectivity index (χ4v) is 2.66. The van der Waals surface area contributed by atoms with Crippen LogP contribution in [0.2, 0.25) is 0 Å². The Labute approximate surface area is 138 Å². The average Bonchev–Trinajstić information content (AvgIpc) is 2.98. The van der Waals surface area contributed by atoms with Crippen LogP contribution in [0.5, 0.6) is 0 Å². The standard InChI is InChI=1S/C18H17F2N3O/c19-16(20)12-23(11-13-5-2-1-3-6-13)17(24)9-14-10-22-18-15(14)7-4-8-21-18/h1-8,10,16H,9,11-12H2,(H,21,22). The molecule has 2 heterocycles. The van der Waals surface area contributed by atoms with E-state index >= 15 is 0 Å². The smallest absolute Gasteiger partial charge is 0.255 e. The number of fused-ring (bicyclic) bond motifs is 1. The maximum Gasteiger partial charge on any atom is 0.255 e. The lowest BCUT2D eigenvalue weighted by Crippen LogP contribution is -2.35. The summed E-state index contributed by atoms with van der Waals surface area (Å²) in [6, 6.07) is 12.8. The van der Waals surface area contributed by atoms with Crippen LogP contribution in [0, 0.1) is 0 Å². The zero-order valence-corrected chi connectivity index (χ0v) is 13.0. The van der Waals surface area contributed by atoms with Gasteiger partial charge in [0.15, 0.2) is 0 Å². The number of nitrogens with one attached hydrogen (secondary N) is 1. The van der Waals surface area contributed by atoms with Crippen LogP contribution in [0.3, 0.4) is 0 Å². The normalized spacial score (nSPS) is 11.1. The van der Waals surface area contributed by atoms with Gasteiger partial charge in [-0.25, -0.2) is 13.8 Å². The van der Waals surface area contributed by atoms with E-state index in [1.54, 1.807) is 18.5 Å². The Kier molecular flexibility index (Phi) is 4.84. The summed E-state index contributed by atoms with van der Waals surface area (Å²) in [6.07, 6.45) is 0.856. The molecule has 0 aliphatic carbocycles. The number of hydrogen-bond donors (Lipinski definition) is 1. The van der Waals surface area contributed by atoms with Crippen molar-refractivity contribution in [3.05, 3.63) is 66.0 Å². The van der Waals surface area contributed by atoms with E-state index in [4.69, 9.17) is 0 Å². The topological polar surface area (TPSA) is 49.0 Å². The highest BCUT2D eigenvalue weighted by Gasteiger charge is 2.20. The van der Waals surface area contributed by atoms with Gasteiger partial charge in [-0.1, -0.05) is 30.3 Å². The van der Waals surface area contributed by atoms with Gasteiger partial charge in [-0.3, -0.25) is 4.79 Å². The summed E-state index contributed by atoms with van der Waals surface area (Å²) in [5.41, 5.74) is 2.27. The van der Waals surface area contributed by atoms with Crippen molar-refractivity contribution in [3.8, 4) is 0 Å². The van der Waals surface area contributed by atoms with Gasteiger partial charge in [0.05, 0.1) is 13.0 Å². The van der Waals surface area contributed by atoms with Crippen molar-refractivity contribution < 1.29 is 13.6 Å². The summed E-state index contributed by atoms with van der Waals surface area (Å²) in [5, 5.41) is 0.836. The second-order valence-corrected chi connectivity index (χ2v) is 5.54. The Balaban J connectivity index is 1.78. The van der Waals surface area contributed by atoms with E-state index in [9.17, 15) is 13.6 Å². The molecule has 3 rings (SSSR count). The Morgan fingerprint density at radius 3 is 2.71 bits per heavy atom. The molecule has 4 nitrogen and oxygen atoms in total. The van der Waals surface area contributed by atoms with Crippen LogP contribution in [-0.4, -0.2) is 33.7 Å². The number of aromatic amines is 1. The molecule has 2 aromatic heterocycles. The maximum atomic E-state index is 12.9. The predicted octanol–water partition coefficient (Wildman–Crippen LogP) is 3.40. The third kappa shape index (κ3) is 3.76. The van der Waals surface area contributed by atoms with Gasteiger partial charge in [0.2, 0.25) is 5.91 Å². The van der Waals surface area contributed by atoms with Crippen LogP contribution in [0.15, 0.2) is 54.9 Å². The van der Waals surface area contributed by atoms with E-state index in [2.05, 4.69) is 9.97 Å². The van der Waals surface area contributed by atoms with Gasteiger partial charge in [0.25, 0.3) is 6.43 Å². The number of alkyl halides is 2. The minimum absolute atomic E-state index is 0.0608. The quantitative estimate of drug-likeness (QED) is 0.753. The van der Waals surface area contributed by atoms with E-state index in [1.807, 2.05) is 36.4 Å². The highest BCUT2D eigenvalue weighted by molar-refractivity contribution is 5.87. The summed E-state index contributed by atoms with van der Waals surface area (Å²) in [7, 11) is 0. The van der Waals surface area contributed by atoms with E-state index in [-0.39, 0.29) is 18.9 Å². The molecule has 3 aromatic rings. The third-order valence-electron chi connectivity index (χ3n) is 3.81. The number of carbonyl (C=O) groups is 1. The monoisotopic (exact) mass is 329 g/mol. The lowest BCUT2D eigenvalue weighted by Gasteiger charge is -2.22. The van der Waals surface area contributed by atoms with E-state index in [1.165, 1.54) is 4.90 Å². The second kappa shape index (κ2) is 7.21. The largest absolute Gasteiger partial charge is 0.346 e. The number of H-pyrrole nitrogens is 1.